The van der Waals surface area contributed by atoms with Gasteiger partial charge in [0.15, 0.2) is 11.7 Å². The number of guanidine groups is 1. The summed E-state index contributed by atoms with van der Waals surface area (Å²) >= 11 is 0. The van der Waals surface area contributed by atoms with Crippen LogP contribution in [0.5, 0.6) is 11.5 Å². The van der Waals surface area contributed by atoms with E-state index in [-0.39, 0.29) is 30.0 Å². The van der Waals surface area contributed by atoms with E-state index in [9.17, 15) is 0 Å². The van der Waals surface area contributed by atoms with Crippen molar-refractivity contribution in [1.29, 1.82) is 0 Å². The van der Waals surface area contributed by atoms with Crippen LogP contribution in [0.4, 0.5) is 0 Å². The molecule has 1 unspecified atom stereocenters. The molecule has 0 bridgehead atoms. The van der Waals surface area contributed by atoms with Gasteiger partial charge in [-0.05, 0) is 38.0 Å². The lowest BCUT2D eigenvalue weighted by Crippen LogP contribution is -2.38. The molecule has 2 rings (SSSR count). The monoisotopic (exact) mass is 516 g/mol. The zero-order valence-electron chi connectivity index (χ0n) is 18.1. The minimum atomic E-state index is -0.0360. The van der Waals surface area contributed by atoms with Crippen LogP contribution in [-0.4, -0.2) is 32.4 Å². The zero-order valence-corrected chi connectivity index (χ0v) is 20.4. The van der Waals surface area contributed by atoms with E-state index in [0.29, 0.717) is 18.4 Å². The molecular formula is C21H33IN4O3. The average Bonchev–Trinajstić information content (AvgIpc) is 3.20. The van der Waals surface area contributed by atoms with Gasteiger partial charge in [-0.3, -0.25) is 4.99 Å². The van der Waals surface area contributed by atoms with Crippen molar-refractivity contribution >= 4 is 29.9 Å². The molecule has 0 aliphatic rings. The molecule has 1 aromatic heterocycles. The Morgan fingerprint density at radius 2 is 1.90 bits per heavy atom. The van der Waals surface area contributed by atoms with Gasteiger partial charge in [-0.25, -0.2) is 0 Å². The Morgan fingerprint density at radius 1 is 1.17 bits per heavy atom. The van der Waals surface area contributed by atoms with E-state index in [0.717, 1.165) is 41.4 Å². The standard InChI is InChI=1S/C21H32N4O3.HI/c1-7-15(8-2)19-12-17(28-25-19)13-23-21(22-4)24-14(3)18-11-16(26-5)9-10-20(18)27-6;/h9-12,14-15H,7-8,13H2,1-6H3,(H2,22,23,24);1H. The topological polar surface area (TPSA) is 80.9 Å². The van der Waals surface area contributed by atoms with Crippen LogP contribution in [0, 0.1) is 0 Å². The quantitative estimate of drug-likeness (QED) is 0.287. The third kappa shape index (κ3) is 6.80. The van der Waals surface area contributed by atoms with E-state index in [4.69, 9.17) is 14.0 Å². The number of aliphatic imine (C=N–C) groups is 1. The lowest BCUT2D eigenvalue weighted by Gasteiger charge is -2.20. The number of halogens is 1. The van der Waals surface area contributed by atoms with Crippen LogP contribution >= 0.6 is 24.0 Å². The van der Waals surface area contributed by atoms with Crippen LogP contribution in [0.3, 0.4) is 0 Å². The highest BCUT2D eigenvalue weighted by Gasteiger charge is 2.16. The fourth-order valence-corrected chi connectivity index (χ4v) is 3.14. The molecule has 2 aromatic rings. The van der Waals surface area contributed by atoms with Crippen LogP contribution < -0.4 is 20.1 Å². The van der Waals surface area contributed by atoms with Crippen LogP contribution in [0.25, 0.3) is 0 Å². The summed E-state index contributed by atoms with van der Waals surface area (Å²) < 4.78 is 16.3. The van der Waals surface area contributed by atoms with E-state index in [1.54, 1.807) is 21.3 Å². The van der Waals surface area contributed by atoms with Gasteiger partial charge in [-0.2, -0.15) is 0 Å². The summed E-state index contributed by atoms with van der Waals surface area (Å²) in [5.74, 6) is 3.47. The molecule has 8 heteroatoms. The first-order chi connectivity index (χ1) is 13.6. The van der Waals surface area contributed by atoms with Gasteiger partial charge in [-0.15, -0.1) is 24.0 Å². The minimum Gasteiger partial charge on any atom is -0.497 e. The first-order valence-corrected chi connectivity index (χ1v) is 9.70. The maximum absolute atomic E-state index is 5.48. The number of rotatable bonds is 9. The first-order valence-electron chi connectivity index (χ1n) is 9.70. The Kier molecular flexibility index (Phi) is 10.9. The lowest BCUT2D eigenvalue weighted by atomic mass is 9.99. The summed E-state index contributed by atoms with van der Waals surface area (Å²) in [6.07, 6.45) is 2.11. The second-order valence-electron chi connectivity index (χ2n) is 6.63. The van der Waals surface area contributed by atoms with Gasteiger partial charge in [0.2, 0.25) is 0 Å². The van der Waals surface area contributed by atoms with Gasteiger partial charge >= 0.3 is 0 Å². The molecule has 1 heterocycles. The van der Waals surface area contributed by atoms with Crippen molar-refractivity contribution in [3.05, 3.63) is 41.3 Å². The maximum atomic E-state index is 5.48. The molecule has 0 aliphatic heterocycles. The van der Waals surface area contributed by atoms with Crippen molar-refractivity contribution in [2.75, 3.05) is 21.3 Å². The molecule has 29 heavy (non-hydrogen) atoms. The van der Waals surface area contributed by atoms with E-state index >= 15 is 0 Å². The number of methoxy groups -OCH3 is 2. The Bertz CT molecular complexity index is 775. The Morgan fingerprint density at radius 3 is 2.48 bits per heavy atom. The number of benzene rings is 1. The number of nitrogens with zero attached hydrogens (tertiary/aromatic N) is 2. The fraction of sp³-hybridized carbons (Fsp3) is 0.524. The first kappa shape index (κ1) is 25.1. The summed E-state index contributed by atoms with van der Waals surface area (Å²) in [5.41, 5.74) is 2.00. The van der Waals surface area contributed by atoms with E-state index in [1.165, 1.54) is 0 Å². The summed E-state index contributed by atoms with van der Waals surface area (Å²) in [7, 11) is 5.05. The Balaban J connectivity index is 0.00000420. The van der Waals surface area contributed by atoms with Gasteiger partial charge in [0.05, 0.1) is 32.5 Å². The van der Waals surface area contributed by atoms with Gasteiger partial charge in [-0.1, -0.05) is 19.0 Å². The molecule has 2 N–H and O–H groups in total. The number of hydrogen-bond acceptors (Lipinski definition) is 5. The van der Waals surface area contributed by atoms with E-state index < -0.39 is 0 Å². The molecule has 0 aliphatic carbocycles. The predicted octanol–water partition coefficient (Wildman–Crippen LogP) is 4.64. The van der Waals surface area contributed by atoms with Crippen molar-refractivity contribution in [2.45, 2.75) is 52.1 Å². The molecule has 0 spiro atoms. The molecule has 1 aromatic carbocycles. The van der Waals surface area contributed by atoms with Crippen LogP contribution in [0.1, 0.15) is 62.6 Å². The summed E-state index contributed by atoms with van der Waals surface area (Å²) in [6, 6.07) is 7.72. The molecule has 1 atom stereocenters. The smallest absolute Gasteiger partial charge is 0.191 e. The number of ether oxygens (including phenoxy) is 2. The summed E-state index contributed by atoms with van der Waals surface area (Å²) in [5, 5.41) is 10.9. The van der Waals surface area contributed by atoms with Crippen LogP contribution in [0.15, 0.2) is 33.8 Å². The number of nitrogens with one attached hydrogen (secondary N) is 2. The van der Waals surface area contributed by atoms with Crippen LogP contribution in [0.2, 0.25) is 0 Å². The van der Waals surface area contributed by atoms with Crippen LogP contribution in [-0.2, 0) is 6.54 Å². The molecule has 7 nitrogen and oxygen atoms in total. The average molecular weight is 516 g/mol. The highest BCUT2D eigenvalue weighted by atomic mass is 127. The van der Waals surface area contributed by atoms with Gasteiger partial charge in [0, 0.05) is 24.6 Å². The Hall–Kier alpha value is -1.97. The number of hydrogen-bond donors (Lipinski definition) is 2. The second-order valence-corrected chi connectivity index (χ2v) is 6.63. The zero-order chi connectivity index (χ0) is 20.5. The van der Waals surface area contributed by atoms with Gasteiger partial charge < -0.3 is 24.6 Å². The fourth-order valence-electron chi connectivity index (χ4n) is 3.14. The van der Waals surface area contributed by atoms with Crippen molar-refractivity contribution in [2.24, 2.45) is 4.99 Å². The minimum absolute atomic E-state index is 0. The molecule has 0 saturated carbocycles. The molecule has 162 valence electrons. The lowest BCUT2D eigenvalue weighted by molar-refractivity contribution is 0.367. The highest BCUT2D eigenvalue weighted by molar-refractivity contribution is 14.0. The van der Waals surface area contributed by atoms with Crippen molar-refractivity contribution < 1.29 is 14.0 Å². The summed E-state index contributed by atoms with van der Waals surface area (Å²) in [6.45, 7) is 6.89. The van der Waals surface area contributed by atoms with E-state index in [2.05, 4.69) is 34.6 Å². The summed E-state index contributed by atoms with van der Waals surface area (Å²) in [4.78, 5) is 4.30. The van der Waals surface area contributed by atoms with Gasteiger partial charge in [0.1, 0.15) is 11.5 Å². The molecule has 0 radical (unpaired) electrons. The third-order valence-corrected chi connectivity index (χ3v) is 4.89. The number of aromatic nitrogens is 1. The van der Waals surface area contributed by atoms with Gasteiger partial charge in [0.25, 0.3) is 0 Å². The Labute approximate surface area is 190 Å². The van der Waals surface area contributed by atoms with E-state index in [1.807, 2.05) is 31.2 Å². The molecular weight excluding hydrogens is 483 g/mol. The maximum Gasteiger partial charge on any atom is 0.191 e. The highest BCUT2D eigenvalue weighted by Crippen LogP contribution is 2.29. The third-order valence-electron chi connectivity index (χ3n) is 4.89. The normalized spacial score (nSPS) is 12.3. The largest absolute Gasteiger partial charge is 0.497 e. The molecule has 0 fully saturated rings. The van der Waals surface area contributed by atoms with Crippen molar-refractivity contribution in [3.63, 3.8) is 0 Å². The second kappa shape index (κ2) is 12.6. The molecule has 0 amide bonds. The molecule has 0 saturated heterocycles. The predicted molar refractivity (Wildman–Crippen MR) is 127 cm³/mol. The van der Waals surface area contributed by atoms with Crippen molar-refractivity contribution in [1.82, 2.24) is 15.8 Å². The SMILES string of the molecule is CCC(CC)c1cc(CNC(=NC)NC(C)c2cc(OC)ccc2OC)on1.I. The van der Waals surface area contributed by atoms with Crippen molar-refractivity contribution in [3.8, 4) is 11.5 Å².